The molecule has 0 amide bonds. The number of aromatic nitrogens is 1. The van der Waals surface area contributed by atoms with Crippen LogP contribution < -0.4 is 5.73 Å². The van der Waals surface area contributed by atoms with E-state index >= 15 is 0 Å². The van der Waals surface area contributed by atoms with E-state index in [0.29, 0.717) is 5.56 Å². The van der Waals surface area contributed by atoms with Gasteiger partial charge in [-0.1, -0.05) is 44.2 Å². The van der Waals surface area contributed by atoms with Crippen LogP contribution in [0.4, 0.5) is 0 Å². The number of pyridine rings is 1. The Labute approximate surface area is 163 Å². The zero-order chi connectivity index (χ0) is 21.7. The molecule has 1 aromatic carbocycles. The van der Waals surface area contributed by atoms with E-state index in [0.717, 1.165) is 0 Å². The van der Waals surface area contributed by atoms with Gasteiger partial charge >= 0.3 is 25.8 Å². The Morgan fingerprint density at radius 2 is 1.64 bits per heavy atom. The van der Waals surface area contributed by atoms with Crippen LogP contribution in [0.3, 0.4) is 0 Å². The minimum Gasteiger partial charge on any atom is -0.480 e. The summed E-state index contributed by atoms with van der Waals surface area (Å²) in [6.45, 7) is 3.55. The molecule has 2 aromatic rings. The number of hydrogen-bond donors (Lipinski definition) is 5. The standard InChI is InChI=1S/C7H7O3P.C6H5NO2.C5H11NO2/c8-7(11(9)10)6-4-2-1-3-5-6;8-6(9)5-2-1-3-7-4-5;1-3(2)4(6)5(7)8/h1-5,7-8H;1-4H,(H,8,9);3-4H,6H2,1-2H3,(H,7,8)/p+1/t;;4-/m..0/s1. The fraction of sp³-hybridized carbons (Fsp3) is 0.278. The third-order valence-corrected chi connectivity index (χ3v) is 3.94. The quantitative estimate of drug-likeness (QED) is 0.463. The van der Waals surface area contributed by atoms with Gasteiger partial charge in [0.15, 0.2) is 0 Å². The summed E-state index contributed by atoms with van der Waals surface area (Å²) in [6, 6.07) is 10.8. The number of aliphatic hydroxyl groups excluding tert-OH is 1. The molecule has 10 heteroatoms. The lowest BCUT2D eigenvalue weighted by Crippen LogP contribution is -2.34. The molecule has 1 heterocycles. The highest BCUT2D eigenvalue weighted by atomic mass is 31.1. The number of aliphatic carboxylic acids is 1. The second-order valence-corrected chi connectivity index (χ2v) is 6.84. The molecule has 0 fully saturated rings. The van der Waals surface area contributed by atoms with E-state index in [9.17, 15) is 14.2 Å². The van der Waals surface area contributed by atoms with Crippen molar-refractivity contribution in [2.45, 2.75) is 25.7 Å². The number of hydrogen-bond acceptors (Lipinski definition) is 6. The van der Waals surface area contributed by atoms with Crippen LogP contribution in [0.15, 0.2) is 54.9 Å². The molecule has 0 aliphatic heterocycles. The van der Waals surface area contributed by atoms with Gasteiger partial charge in [-0.2, -0.15) is 4.89 Å². The maximum Gasteiger partial charge on any atom is 0.542 e. The first-order valence-corrected chi connectivity index (χ1v) is 9.36. The molecule has 152 valence electrons. The van der Waals surface area contributed by atoms with Crippen molar-refractivity contribution in [3.63, 3.8) is 0 Å². The number of carboxylic acid groups (broad SMARTS) is 2. The summed E-state index contributed by atoms with van der Waals surface area (Å²) >= 11 is 0. The molecule has 0 saturated heterocycles. The number of carboxylic acids is 2. The first-order valence-electron chi connectivity index (χ1n) is 8.07. The smallest absolute Gasteiger partial charge is 0.480 e. The monoisotopic (exact) mass is 411 g/mol. The van der Waals surface area contributed by atoms with E-state index in [4.69, 9.17) is 25.9 Å². The van der Waals surface area contributed by atoms with Crippen LogP contribution in [-0.2, 0) is 9.36 Å². The summed E-state index contributed by atoms with van der Waals surface area (Å²) in [6.07, 6.45) is 2.84. The second kappa shape index (κ2) is 13.5. The molecule has 0 aliphatic rings. The van der Waals surface area contributed by atoms with Crippen LogP contribution in [0.5, 0.6) is 0 Å². The number of nitrogens with two attached hydrogens (primary N) is 1. The molecule has 0 spiro atoms. The van der Waals surface area contributed by atoms with Gasteiger partial charge in [-0.3, -0.25) is 9.78 Å². The maximum absolute atomic E-state index is 10.4. The Bertz CT molecular complexity index is 742. The summed E-state index contributed by atoms with van der Waals surface area (Å²) in [5.74, 6) is -3.11. The highest BCUT2D eigenvalue weighted by Gasteiger charge is 2.27. The van der Waals surface area contributed by atoms with Gasteiger partial charge in [-0.25, -0.2) is 4.79 Å². The fourth-order valence-corrected chi connectivity index (χ4v) is 1.95. The van der Waals surface area contributed by atoms with E-state index in [1.54, 1.807) is 50.2 Å². The molecular weight excluding hydrogens is 387 g/mol. The van der Waals surface area contributed by atoms with Gasteiger partial charge in [0, 0.05) is 18.0 Å². The van der Waals surface area contributed by atoms with Gasteiger partial charge in [0.1, 0.15) is 6.04 Å². The first kappa shape index (κ1) is 25.3. The molecule has 1 aromatic heterocycles. The largest absolute Gasteiger partial charge is 0.542 e. The van der Waals surface area contributed by atoms with E-state index in [1.165, 1.54) is 18.5 Å². The van der Waals surface area contributed by atoms with Crippen LogP contribution in [0, 0.1) is 5.92 Å². The molecule has 0 radical (unpaired) electrons. The van der Waals surface area contributed by atoms with Crippen LogP contribution >= 0.6 is 8.03 Å². The van der Waals surface area contributed by atoms with Gasteiger partial charge in [0.25, 0.3) is 0 Å². The van der Waals surface area contributed by atoms with E-state index in [2.05, 4.69) is 4.98 Å². The van der Waals surface area contributed by atoms with Crippen molar-refractivity contribution in [1.29, 1.82) is 0 Å². The number of aromatic carboxylic acids is 1. The van der Waals surface area contributed by atoms with Gasteiger partial charge in [-0.15, -0.1) is 0 Å². The van der Waals surface area contributed by atoms with Crippen molar-refractivity contribution in [2.75, 3.05) is 0 Å². The molecule has 2 rings (SSSR count). The lowest BCUT2D eigenvalue weighted by Gasteiger charge is -2.07. The van der Waals surface area contributed by atoms with Crippen molar-refractivity contribution in [3.8, 4) is 0 Å². The van der Waals surface area contributed by atoms with E-state index < -0.39 is 31.9 Å². The lowest BCUT2D eigenvalue weighted by molar-refractivity contribution is -0.139. The summed E-state index contributed by atoms with van der Waals surface area (Å²) in [5, 5.41) is 25.6. The third kappa shape index (κ3) is 10.4. The molecule has 6 N–H and O–H groups in total. The zero-order valence-electron chi connectivity index (χ0n) is 15.4. The van der Waals surface area contributed by atoms with Crippen LogP contribution in [0.2, 0.25) is 0 Å². The molecule has 2 unspecified atom stereocenters. The Kier molecular flexibility index (Phi) is 12.2. The molecule has 0 saturated carbocycles. The van der Waals surface area contributed by atoms with Crippen molar-refractivity contribution >= 4 is 20.0 Å². The minimum atomic E-state index is -2.53. The summed E-state index contributed by atoms with van der Waals surface area (Å²) < 4.78 is 10.4. The SMILES string of the molecule is CC(C)[C@H](N)C(=O)O.O=C(O)c1cccnc1.O=[P+](O)C(O)c1ccccc1. The predicted octanol–water partition coefficient (Wildman–Crippen LogP) is 2.25. The minimum absolute atomic E-state index is 0.0208. The number of carbonyl (C=O) groups is 2. The van der Waals surface area contributed by atoms with Crippen molar-refractivity contribution in [1.82, 2.24) is 4.98 Å². The van der Waals surface area contributed by atoms with E-state index in [1.807, 2.05) is 0 Å². The molecule has 9 nitrogen and oxygen atoms in total. The summed E-state index contributed by atoms with van der Waals surface area (Å²) in [7, 11) is -2.53. The molecule has 0 aliphatic carbocycles. The second-order valence-electron chi connectivity index (χ2n) is 5.74. The Hall–Kier alpha value is -2.71. The topological polar surface area (TPSA) is 171 Å². The zero-order valence-corrected chi connectivity index (χ0v) is 16.3. The summed E-state index contributed by atoms with van der Waals surface area (Å²) in [5.41, 5.74) is 5.85. The predicted molar refractivity (Wildman–Crippen MR) is 103 cm³/mol. The third-order valence-electron chi connectivity index (χ3n) is 3.22. The average molecular weight is 411 g/mol. The van der Waals surface area contributed by atoms with Crippen LogP contribution in [0.1, 0.15) is 35.6 Å². The van der Waals surface area contributed by atoms with E-state index in [-0.39, 0.29) is 11.5 Å². The first-order chi connectivity index (χ1) is 13.1. The van der Waals surface area contributed by atoms with Gasteiger partial charge in [-0.05, 0) is 22.6 Å². The number of rotatable bonds is 5. The maximum atomic E-state index is 10.4. The Morgan fingerprint density at radius 1 is 1.07 bits per heavy atom. The summed E-state index contributed by atoms with van der Waals surface area (Å²) in [4.78, 5) is 32.3. The van der Waals surface area contributed by atoms with Crippen LogP contribution in [-0.4, -0.2) is 43.2 Å². The highest BCUT2D eigenvalue weighted by Crippen LogP contribution is 2.34. The number of nitrogens with zero attached hydrogens (tertiary/aromatic N) is 1. The Morgan fingerprint density at radius 3 is 1.93 bits per heavy atom. The number of aliphatic hydroxyl groups is 1. The normalized spacial score (nSPS) is 12.4. The number of benzene rings is 1. The lowest BCUT2D eigenvalue weighted by atomic mass is 10.1. The molecular formula is C18H24N2O7P+. The van der Waals surface area contributed by atoms with Crippen LogP contribution in [0.25, 0.3) is 0 Å². The van der Waals surface area contributed by atoms with Gasteiger partial charge < -0.3 is 21.1 Å². The van der Waals surface area contributed by atoms with Gasteiger partial charge in [0.05, 0.1) is 5.56 Å². The molecule has 3 atom stereocenters. The van der Waals surface area contributed by atoms with Crippen molar-refractivity contribution < 1.29 is 34.4 Å². The van der Waals surface area contributed by atoms with Crippen molar-refractivity contribution in [3.05, 3.63) is 66.0 Å². The highest BCUT2D eigenvalue weighted by molar-refractivity contribution is 7.38. The fourth-order valence-electron chi connectivity index (χ4n) is 1.53. The Balaban J connectivity index is 0.000000397. The van der Waals surface area contributed by atoms with Crippen molar-refractivity contribution in [2.24, 2.45) is 11.7 Å². The molecule has 28 heavy (non-hydrogen) atoms. The van der Waals surface area contributed by atoms with Gasteiger partial charge in [0.2, 0.25) is 0 Å². The molecule has 0 bridgehead atoms. The average Bonchev–Trinajstić information content (AvgIpc) is 2.68.